The molecule has 3 saturated carbocycles. The van der Waals surface area contributed by atoms with Gasteiger partial charge in [-0.3, -0.25) is 9.59 Å². The number of likely N-dealkylation sites (tertiary alicyclic amines) is 1. The Morgan fingerprint density at radius 2 is 1.94 bits per heavy atom. The maximum Gasteiger partial charge on any atom is 0.237 e. The number of carbonyl (C=O) groups excluding carboxylic acids is 2. The number of nitrogens with zero attached hydrogens (tertiary/aromatic N) is 3. The smallest absolute Gasteiger partial charge is 0.237 e. The molecule has 1 aromatic heterocycles. The number of hydrogen-bond acceptors (Lipinski definition) is 6. The molecule has 1 saturated heterocycles. The molecule has 168 valence electrons. The molecule has 3 aliphatic carbocycles. The zero-order valence-corrected chi connectivity index (χ0v) is 18.6. The Hall–Kier alpha value is -2.57. The average Bonchev–Trinajstić information content (AvgIpc) is 3.41. The predicted molar refractivity (Wildman–Crippen MR) is 120 cm³/mol. The van der Waals surface area contributed by atoms with Crippen molar-refractivity contribution in [3.8, 4) is 6.07 Å². The lowest BCUT2D eigenvalue weighted by molar-refractivity contribution is -0.135. The van der Waals surface area contributed by atoms with E-state index in [1.807, 2.05) is 30.3 Å². The van der Waals surface area contributed by atoms with Gasteiger partial charge in [0.15, 0.2) is 5.13 Å². The van der Waals surface area contributed by atoms with Gasteiger partial charge in [-0.1, -0.05) is 23.5 Å². The number of fused-ring (bicyclic) bond motifs is 4. The molecule has 4 aliphatic rings. The van der Waals surface area contributed by atoms with Crippen LogP contribution in [-0.4, -0.2) is 52.5 Å². The van der Waals surface area contributed by atoms with E-state index in [1.54, 1.807) is 0 Å². The number of alkyl halides is 1. The molecule has 7 nitrogen and oxygen atoms in total. The number of aromatic nitrogens is 1. The lowest BCUT2D eigenvalue weighted by atomic mass is 9.57. The molecule has 2 heterocycles. The molecule has 32 heavy (non-hydrogen) atoms. The molecule has 0 radical (unpaired) electrons. The van der Waals surface area contributed by atoms with Crippen molar-refractivity contribution in [3.63, 3.8) is 0 Å². The van der Waals surface area contributed by atoms with Crippen molar-refractivity contribution in [3.05, 3.63) is 24.3 Å². The maximum atomic E-state index is 13.6. The summed E-state index contributed by atoms with van der Waals surface area (Å²) in [5.41, 5.74) is 0.346. The van der Waals surface area contributed by atoms with Crippen LogP contribution >= 0.6 is 11.3 Å². The highest BCUT2D eigenvalue weighted by Crippen LogP contribution is 2.53. The second-order valence-electron chi connectivity index (χ2n) is 9.38. The Bertz CT molecular complexity index is 1040. The van der Waals surface area contributed by atoms with E-state index in [9.17, 15) is 19.2 Å². The number of rotatable bonds is 5. The number of anilines is 1. The molecule has 2 amide bonds. The van der Waals surface area contributed by atoms with Crippen LogP contribution in [0.25, 0.3) is 10.2 Å². The van der Waals surface area contributed by atoms with E-state index in [1.165, 1.54) is 16.2 Å². The van der Waals surface area contributed by atoms with Crippen molar-refractivity contribution in [2.75, 3.05) is 18.4 Å². The third-order valence-corrected chi connectivity index (χ3v) is 8.53. The summed E-state index contributed by atoms with van der Waals surface area (Å²) in [5.74, 6) is -0.175. The molecule has 2 unspecified atom stereocenters. The van der Waals surface area contributed by atoms with Gasteiger partial charge >= 0.3 is 0 Å². The van der Waals surface area contributed by atoms with E-state index in [-0.39, 0.29) is 42.3 Å². The third kappa shape index (κ3) is 3.76. The van der Waals surface area contributed by atoms with Crippen LogP contribution in [0.4, 0.5) is 9.52 Å². The van der Waals surface area contributed by atoms with Crippen LogP contribution in [0.2, 0.25) is 0 Å². The van der Waals surface area contributed by atoms with E-state index in [0.29, 0.717) is 5.13 Å². The van der Waals surface area contributed by atoms with Crippen LogP contribution < -0.4 is 10.6 Å². The minimum atomic E-state index is -1.12. The van der Waals surface area contributed by atoms with Crippen molar-refractivity contribution in [1.82, 2.24) is 15.2 Å². The summed E-state index contributed by atoms with van der Waals surface area (Å²) in [6.45, 7) is 0.108. The third-order valence-electron chi connectivity index (χ3n) is 7.58. The summed E-state index contributed by atoms with van der Waals surface area (Å²) in [5, 5.41) is 16.3. The molecule has 2 atom stereocenters. The molecule has 1 aromatic carbocycles. The minimum absolute atomic E-state index is 0.000783. The van der Waals surface area contributed by atoms with Gasteiger partial charge in [0.2, 0.25) is 11.8 Å². The molecule has 2 N–H and O–H groups in total. The number of nitriles is 1. The Kier molecular flexibility index (Phi) is 5.38. The van der Waals surface area contributed by atoms with E-state index in [2.05, 4.69) is 15.6 Å². The van der Waals surface area contributed by atoms with Gasteiger partial charge in [0.05, 0.1) is 29.4 Å². The summed E-state index contributed by atoms with van der Waals surface area (Å²) in [4.78, 5) is 31.7. The fourth-order valence-corrected chi connectivity index (χ4v) is 6.36. The van der Waals surface area contributed by atoms with Crippen molar-refractivity contribution in [2.45, 2.75) is 62.7 Å². The quantitative estimate of drug-likeness (QED) is 0.720. The number of benzene rings is 1. The van der Waals surface area contributed by atoms with Gasteiger partial charge < -0.3 is 15.5 Å². The molecular formula is C23H26FN5O2S. The van der Waals surface area contributed by atoms with Crippen molar-refractivity contribution < 1.29 is 14.0 Å². The Balaban J connectivity index is 1.18. The summed E-state index contributed by atoms with van der Waals surface area (Å²) >= 11 is 1.49. The second kappa shape index (κ2) is 8.09. The highest BCUT2D eigenvalue weighted by Gasteiger charge is 2.52. The first-order valence-corrected chi connectivity index (χ1v) is 12.0. The fraction of sp³-hybridized carbons (Fsp3) is 0.565. The zero-order valence-electron chi connectivity index (χ0n) is 17.8. The second-order valence-corrected chi connectivity index (χ2v) is 10.4. The monoisotopic (exact) mass is 455 g/mol. The van der Waals surface area contributed by atoms with E-state index in [0.717, 1.165) is 48.7 Å². The molecule has 2 bridgehead atoms. The van der Waals surface area contributed by atoms with Crippen LogP contribution in [0.15, 0.2) is 24.3 Å². The number of halogens is 1. The lowest BCUT2D eigenvalue weighted by Crippen LogP contribution is -2.59. The highest BCUT2D eigenvalue weighted by molar-refractivity contribution is 7.22. The Morgan fingerprint density at radius 1 is 1.22 bits per heavy atom. The van der Waals surface area contributed by atoms with Crippen LogP contribution in [0.3, 0.4) is 0 Å². The van der Waals surface area contributed by atoms with Gasteiger partial charge in [-0.25, -0.2) is 9.37 Å². The molecule has 4 fully saturated rings. The van der Waals surface area contributed by atoms with Crippen LogP contribution in [0.1, 0.15) is 44.9 Å². The van der Waals surface area contributed by atoms with E-state index >= 15 is 0 Å². The number of carbonyl (C=O) groups is 2. The first-order chi connectivity index (χ1) is 15.4. The van der Waals surface area contributed by atoms with E-state index < -0.39 is 12.2 Å². The average molecular weight is 456 g/mol. The molecule has 0 spiro atoms. The normalized spacial score (nSPS) is 31.6. The highest BCUT2D eigenvalue weighted by atomic mass is 32.1. The number of amides is 2. The largest absolute Gasteiger partial charge is 0.323 e. The summed E-state index contributed by atoms with van der Waals surface area (Å²) in [6, 6.07) is 9.20. The van der Waals surface area contributed by atoms with Crippen molar-refractivity contribution >= 4 is 38.5 Å². The van der Waals surface area contributed by atoms with Gasteiger partial charge in [0, 0.05) is 17.4 Å². The van der Waals surface area contributed by atoms with Crippen LogP contribution in [-0.2, 0) is 9.59 Å². The summed E-state index contributed by atoms with van der Waals surface area (Å²) < 4.78 is 14.7. The number of thiazole rings is 1. The van der Waals surface area contributed by atoms with Crippen molar-refractivity contribution in [2.24, 2.45) is 5.41 Å². The molecular weight excluding hydrogens is 429 g/mol. The lowest BCUT2D eigenvalue weighted by Gasteiger charge is -2.52. The molecule has 6 rings (SSSR count). The number of nitrogens with one attached hydrogen (secondary N) is 2. The van der Waals surface area contributed by atoms with Gasteiger partial charge in [-0.05, 0) is 50.7 Å². The van der Waals surface area contributed by atoms with E-state index in [4.69, 9.17) is 0 Å². The maximum absolute atomic E-state index is 13.6. The standard InChI is InChI=1S/C23H26FN5O2S/c24-15-11-16(12-25)29(14-15)19(30)13-26-23-8-5-22(6-9-23,7-10-23)20(31)28-21-27-17-3-1-2-4-18(17)32-21/h1-4,15-16,26H,5-11,13-14H2,(H,27,28,31). The Morgan fingerprint density at radius 3 is 2.62 bits per heavy atom. The minimum Gasteiger partial charge on any atom is -0.323 e. The Labute approximate surface area is 190 Å². The number of para-hydroxylation sites is 1. The van der Waals surface area contributed by atoms with Gasteiger partial charge in [-0.15, -0.1) is 0 Å². The summed E-state index contributed by atoms with van der Waals surface area (Å²) in [6.07, 6.45) is 3.73. The first kappa shape index (κ1) is 21.3. The van der Waals surface area contributed by atoms with Gasteiger partial charge in [-0.2, -0.15) is 5.26 Å². The molecule has 2 aromatic rings. The van der Waals surface area contributed by atoms with Crippen molar-refractivity contribution in [1.29, 1.82) is 5.26 Å². The molecule has 9 heteroatoms. The predicted octanol–water partition coefficient (Wildman–Crippen LogP) is 3.38. The van der Waals surface area contributed by atoms with Crippen LogP contribution in [0, 0.1) is 16.7 Å². The summed E-state index contributed by atoms with van der Waals surface area (Å²) in [7, 11) is 0. The topological polar surface area (TPSA) is 98.1 Å². The SMILES string of the molecule is N#CC1CC(F)CN1C(=O)CNC12CCC(C(=O)Nc3nc4ccccc4s3)(CC1)CC2. The molecule has 1 aliphatic heterocycles. The first-order valence-electron chi connectivity index (χ1n) is 11.2. The zero-order chi connectivity index (χ0) is 22.3. The van der Waals surface area contributed by atoms with Gasteiger partial charge in [0.25, 0.3) is 0 Å². The van der Waals surface area contributed by atoms with Gasteiger partial charge in [0.1, 0.15) is 12.2 Å². The van der Waals surface area contributed by atoms with Crippen LogP contribution in [0.5, 0.6) is 0 Å². The number of hydrogen-bond donors (Lipinski definition) is 2. The fourth-order valence-electron chi connectivity index (χ4n) is 5.49.